The molecule has 1 fully saturated rings. The van der Waals surface area contributed by atoms with Gasteiger partial charge in [0.05, 0.1) is 11.1 Å². The molecule has 0 saturated heterocycles. The Morgan fingerprint density at radius 3 is 2.74 bits per heavy atom. The summed E-state index contributed by atoms with van der Waals surface area (Å²) in [6.45, 7) is 1.78. The molecule has 1 aliphatic carbocycles. The van der Waals surface area contributed by atoms with Crippen LogP contribution < -0.4 is 5.32 Å². The highest BCUT2D eigenvalue weighted by Gasteiger charge is 2.31. The minimum atomic E-state index is -1.29. The van der Waals surface area contributed by atoms with Crippen LogP contribution in [0.5, 0.6) is 0 Å². The number of ketones is 1. The van der Waals surface area contributed by atoms with Crippen molar-refractivity contribution in [1.29, 1.82) is 5.26 Å². The monoisotopic (exact) mass is 277 g/mol. The fraction of sp³-hybridized carbons (Fsp3) is 0.538. The lowest BCUT2D eigenvalue weighted by Crippen LogP contribution is -2.40. The molecule has 0 unspecified atom stereocenters. The Balaban J connectivity index is 2.04. The topological polar surface area (TPSA) is 82.8 Å². The smallest absolute Gasteiger partial charge is 0.245 e. The molecule has 0 aromatic carbocycles. The molecule has 1 heterocycles. The van der Waals surface area contributed by atoms with Crippen LogP contribution in [0, 0.1) is 24.2 Å². The van der Waals surface area contributed by atoms with Gasteiger partial charge in [0.1, 0.15) is 5.69 Å². The molecule has 0 spiro atoms. The number of rotatable bonds is 4. The molecular formula is C13H15N3O2S. The maximum Gasteiger partial charge on any atom is 0.245 e. The minimum Gasteiger partial charge on any atom is -0.352 e. The van der Waals surface area contributed by atoms with Gasteiger partial charge in [-0.05, 0) is 19.8 Å². The number of Topliss-reactive ketones (excluding diaryl/α,β-unsaturated/α-hetero) is 1. The van der Waals surface area contributed by atoms with Crippen LogP contribution in [0.1, 0.15) is 41.2 Å². The first-order valence-corrected chi connectivity index (χ1v) is 7.16. The van der Waals surface area contributed by atoms with Crippen molar-refractivity contribution in [3.63, 3.8) is 0 Å². The zero-order chi connectivity index (χ0) is 13.8. The van der Waals surface area contributed by atoms with Gasteiger partial charge in [-0.15, -0.1) is 11.3 Å². The second-order valence-corrected chi connectivity index (χ2v) is 5.73. The van der Waals surface area contributed by atoms with Crippen molar-refractivity contribution >= 4 is 23.0 Å². The molecule has 1 aromatic rings. The van der Waals surface area contributed by atoms with Gasteiger partial charge in [0.2, 0.25) is 11.7 Å². The van der Waals surface area contributed by atoms with E-state index in [0.717, 1.165) is 30.7 Å². The number of hydrogen-bond donors (Lipinski definition) is 1. The Bertz CT molecular complexity index is 526. The summed E-state index contributed by atoms with van der Waals surface area (Å²) in [7, 11) is 0. The number of hydrogen-bond acceptors (Lipinski definition) is 5. The normalized spacial score (nSPS) is 16.8. The van der Waals surface area contributed by atoms with E-state index in [-0.39, 0.29) is 11.7 Å². The summed E-state index contributed by atoms with van der Waals surface area (Å²) in [6.07, 6.45) is 4.02. The van der Waals surface area contributed by atoms with Gasteiger partial charge in [0, 0.05) is 11.4 Å². The van der Waals surface area contributed by atoms with Gasteiger partial charge in [-0.2, -0.15) is 5.26 Å². The quantitative estimate of drug-likeness (QED) is 0.672. The summed E-state index contributed by atoms with van der Waals surface area (Å²) >= 11 is 1.33. The standard InChI is InChI=1S/C13H15N3O2S/c1-8-15-11(7-19-8)12(17)10(6-14)13(18)16-9-4-2-3-5-9/h7,9-10H,2-5H2,1H3,(H,16,18)/t10-/m1/s1. The average molecular weight is 277 g/mol. The van der Waals surface area contributed by atoms with Gasteiger partial charge in [-0.25, -0.2) is 4.98 Å². The summed E-state index contributed by atoms with van der Waals surface area (Å²) in [6, 6.07) is 1.89. The summed E-state index contributed by atoms with van der Waals surface area (Å²) in [5.41, 5.74) is 0.204. The Morgan fingerprint density at radius 1 is 1.53 bits per heavy atom. The van der Waals surface area contributed by atoms with Crippen molar-refractivity contribution in [2.45, 2.75) is 38.6 Å². The van der Waals surface area contributed by atoms with Crippen LogP contribution in [0.3, 0.4) is 0 Å². The Kier molecular flexibility index (Phi) is 4.27. The van der Waals surface area contributed by atoms with Gasteiger partial charge >= 0.3 is 0 Å². The predicted octanol–water partition coefficient (Wildman–Crippen LogP) is 1.83. The van der Waals surface area contributed by atoms with Gasteiger partial charge in [0.15, 0.2) is 5.92 Å². The van der Waals surface area contributed by atoms with E-state index in [1.54, 1.807) is 18.4 Å². The molecule has 5 nitrogen and oxygen atoms in total. The Morgan fingerprint density at radius 2 is 2.21 bits per heavy atom. The van der Waals surface area contributed by atoms with Gasteiger partial charge < -0.3 is 5.32 Å². The maximum absolute atomic E-state index is 12.1. The van der Waals surface area contributed by atoms with Crippen molar-refractivity contribution in [2.75, 3.05) is 0 Å². The molecule has 1 aliphatic rings. The summed E-state index contributed by atoms with van der Waals surface area (Å²) < 4.78 is 0. The van der Waals surface area contributed by atoms with Crippen LogP contribution in [0.4, 0.5) is 0 Å². The molecule has 1 amide bonds. The van der Waals surface area contributed by atoms with Crippen LogP contribution in [0.2, 0.25) is 0 Å². The van der Waals surface area contributed by atoms with E-state index in [0.29, 0.717) is 0 Å². The highest BCUT2D eigenvalue weighted by Crippen LogP contribution is 2.19. The SMILES string of the molecule is Cc1nc(C(=O)[C@@H](C#N)C(=O)NC2CCCC2)cs1. The molecule has 0 bridgehead atoms. The number of aryl methyl sites for hydroxylation is 1. The van der Waals surface area contributed by atoms with Crippen molar-refractivity contribution < 1.29 is 9.59 Å². The zero-order valence-electron chi connectivity index (χ0n) is 10.7. The number of aromatic nitrogens is 1. The number of thiazole rings is 1. The minimum absolute atomic E-state index is 0.105. The fourth-order valence-corrected chi connectivity index (χ4v) is 2.82. The largest absolute Gasteiger partial charge is 0.352 e. The molecular weight excluding hydrogens is 262 g/mol. The molecule has 6 heteroatoms. The van der Waals surface area contributed by atoms with E-state index in [1.807, 2.05) is 0 Å². The maximum atomic E-state index is 12.1. The first-order chi connectivity index (χ1) is 9.11. The van der Waals surface area contributed by atoms with E-state index in [4.69, 9.17) is 5.26 Å². The first-order valence-electron chi connectivity index (χ1n) is 6.28. The lowest BCUT2D eigenvalue weighted by molar-refractivity contribution is -0.122. The molecule has 19 heavy (non-hydrogen) atoms. The van der Waals surface area contributed by atoms with Crippen molar-refractivity contribution in [3.05, 3.63) is 16.1 Å². The number of nitrogens with one attached hydrogen (secondary N) is 1. The second-order valence-electron chi connectivity index (χ2n) is 4.67. The highest BCUT2D eigenvalue weighted by molar-refractivity contribution is 7.09. The molecule has 0 radical (unpaired) electrons. The summed E-state index contributed by atoms with van der Waals surface area (Å²) in [5.74, 6) is -2.30. The van der Waals surface area contributed by atoms with Gasteiger partial charge in [-0.3, -0.25) is 9.59 Å². The number of nitriles is 1. The van der Waals surface area contributed by atoms with Crippen molar-refractivity contribution in [2.24, 2.45) is 5.92 Å². The van der Waals surface area contributed by atoms with Crippen LogP contribution in [-0.2, 0) is 4.79 Å². The van der Waals surface area contributed by atoms with Crippen molar-refractivity contribution in [3.8, 4) is 6.07 Å². The van der Waals surface area contributed by atoms with E-state index in [2.05, 4.69) is 10.3 Å². The van der Waals surface area contributed by atoms with Crippen LogP contribution in [0.25, 0.3) is 0 Å². The molecule has 1 N–H and O–H groups in total. The van der Waals surface area contributed by atoms with Crippen LogP contribution in [-0.4, -0.2) is 22.7 Å². The highest BCUT2D eigenvalue weighted by atomic mass is 32.1. The first kappa shape index (κ1) is 13.7. The average Bonchev–Trinajstić information content (AvgIpc) is 3.01. The van der Waals surface area contributed by atoms with Gasteiger partial charge in [-0.1, -0.05) is 12.8 Å². The third-order valence-electron chi connectivity index (χ3n) is 3.23. The van der Waals surface area contributed by atoms with Gasteiger partial charge in [0.25, 0.3) is 0 Å². The van der Waals surface area contributed by atoms with E-state index >= 15 is 0 Å². The van der Waals surface area contributed by atoms with E-state index in [9.17, 15) is 9.59 Å². The Labute approximate surface area is 115 Å². The molecule has 1 saturated carbocycles. The number of carbonyl (C=O) groups is 2. The number of carbonyl (C=O) groups excluding carboxylic acids is 2. The molecule has 1 aromatic heterocycles. The number of amides is 1. The van der Waals surface area contributed by atoms with E-state index < -0.39 is 17.6 Å². The lowest BCUT2D eigenvalue weighted by Gasteiger charge is -2.13. The third-order valence-corrected chi connectivity index (χ3v) is 4.00. The molecule has 0 aliphatic heterocycles. The summed E-state index contributed by atoms with van der Waals surface area (Å²) in [5, 5.41) is 14.2. The molecule has 2 rings (SSSR count). The lowest BCUT2D eigenvalue weighted by atomic mass is 10.0. The number of nitrogens with zero attached hydrogens (tertiary/aromatic N) is 2. The Hall–Kier alpha value is -1.74. The van der Waals surface area contributed by atoms with E-state index in [1.165, 1.54) is 11.3 Å². The second kappa shape index (κ2) is 5.93. The predicted molar refractivity (Wildman–Crippen MR) is 70.7 cm³/mol. The zero-order valence-corrected chi connectivity index (χ0v) is 11.5. The fourth-order valence-electron chi connectivity index (χ4n) is 2.22. The van der Waals surface area contributed by atoms with Crippen LogP contribution in [0.15, 0.2) is 5.38 Å². The third kappa shape index (κ3) is 3.18. The molecule has 1 atom stereocenters. The van der Waals surface area contributed by atoms with Crippen LogP contribution >= 0.6 is 11.3 Å². The summed E-state index contributed by atoms with van der Waals surface area (Å²) in [4.78, 5) is 28.1. The van der Waals surface area contributed by atoms with Crippen molar-refractivity contribution in [1.82, 2.24) is 10.3 Å². The molecule has 100 valence electrons.